The molecule has 3 N–H and O–H groups in total. The van der Waals surface area contributed by atoms with E-state index in [2.05, 4.69) is 22.7 Å². The Balaban J connectivity index is 1.92. The molecule has 64 valence electrons. The largest absolute Gasteiger partial charge is 0.350 e. The quantitative estimate of drug-likeness (QED) is 0.433. The fourth-order valence-corrected chi connectivity index (χ4v) is 1.79. The van der Waals surface area contributed by atoms with E-state index >= 15 is 0 Å². The molecule has 4 nitrogen and oxygen atoms in total. The maximum Gasteiger partial charge on any atom is 0.332 e. The highest BCUT2D eigenvalue weighted by Crippen LogP contribution is 2.39. The summed E-state index contributed by atoms with van der Waals surface area (Å²) >= 11 is 0. The first-order valence-electron chi connectivity index (χ1n) is 4.06. The van der Waals surface area contributed by atoms with Crippen LogP contribution in [0, 0.1) is 11.8 Å². The van der Waals surface area contributed by atoms with Crippen molar-refractivity contribution in [1.29, 1.82) is 0 Å². The summed E-state index contributed by atoms with van der Waals surface area (Å²) in [7, 11) is 0. The molecule has 2 aliphatic rings. The molecule has 0 spiro atoms. The first kappa shape index (κ1) is 7.34. The highest BCUT2D eigenvalue weighted by atomic mass is 16.2. The maximum atomic E-state index is 10.3. The molecule has 0 bridgehead atoms. The number of rotatable bonds is 1. The van der Waals surface area contributed by atoms with Gasteiger partial charge in [-0.15, -0.1) is 0 Å². The van der Waals surface area contributed by atoms with Crippen LogP contribution >= 0.6 is 0 Å². The standard InChI is InChI=1S/C8H11N3O/c9-8(12)11-10-7-4-5-2-1-3-6(5)7/h1-2,5-6H,3-4H2,(H3,9,11,12). The topological polar surface area (TPSA) is 67.5 Å². The molecule has 2 unspecified atom stereocenters. The zero-order valence-electron chi connectivity index (χ0n) is 6.66. The number of hydrazone groups is 1. The van der Waals surface area contributed by atoms with Crippen molar-refractivity contribution in [3.05, 3.63) is 12.2 Å². The van der Waals surface area contributed by atoms with E-state index < -0.39 is 6.03 Å². The molecule has 0 heterocycles. The Hall–Kier alpha value is -1.32. The Bertz CT molecular complexity index is 269. The van der Waals surface area contributed by atoms with Crippen LogP contribution in [-0.2, 0) is 0 Å². The first-order chi connectivity index (χ1) is 5.77. The van der Waals surface area contributed by atoms with E-state index in [0.29, 0.717) is 11.8 Å². The predicted molar refractivity (Wildman–Crippen MR) is 45.5 cm³/mol. The van der Waals surface area contributed by atoms with E-state index in [1.54, 1.807) is 0 Å². The zero-order chi connectivity index (χ0) is 8.55. The Kier molecular flexibility index (Phi) is 1.60. The van der Waals surface area contributed by atoms with Crippen LogP contribution in [0.4, 0.5) is 4.79 Å². The third-order valence-electron chi connectivity index (χ3n) is 2.47. The van der Waals surface area contributed by atoms with Gasteiger partial charge in [-0.05, 0) is 18.8 Å². The van der Waals surface area contributed by atoms with Crippen molar-refractivity contribution >= 4 is 11.7 Å². The van der Waals surface area contributed by atoms with Crippen LogP contribution in [0.1, 0.15) is 12.8 Å². The molecule has 2 aliphatic carbocycles. The Morgan fingerprint density at radius 2 is 2.58 bits per heavy atom. The lowest BCUT2D eigenvalue weighted by molar-refractivity contribution is 0.249. The second-order valence-electron chi connectivity index (χ2n) is 3.22. The number of amides is 2. The summed E-state index contributed by atoms with van der Waals surface area (Å²) in [6.07, 6.45) is 6.42. The molecule has 0 saturated heterocycles. The van der Waals surface area contributed by atoms with Crippen LogP contribution in [0.3, 0.4) is 0 Å². The number of primary amides is 1. The minimum atomic E-state index is -0.586. The lowest BCUT2D eigenvalue weighted by Crippen LogP contribution is -2.36. The van der Waals surface area contributed by atoms with E-state index in [4.69, 9.17) is 5.73 Å². The van der Waals surface area contributed by atoms with E-state index in [9.17, 15) is 4.79 Å². The van der Waals surface area contributed by atoms with Gasteiger partial charge in [-0.1, -0.05) is 12.2 Å². The Morgan fingerprint density at radius 3 is 3.25 bits per heavy atom. The number of nitrogens with two attached hydrogens (primary N) is 1. The summed E-state index contributed by atoms with van der Waals surface area (Å²) in [5, 5.41) is 3.92. The smallest absolute Gasteiger partial charge is 0.332 e. The number of carbonyl (C=O) groups is 1. The molecule has 1 fully saturated rings. The molecule has 0 aromatic carbocycles. The maximum absolute atomic E-state index is 10.3. The molecule has 2 atom stereocenters. The van der Waals surface area contributed by atoms with Gasteiger partial charge in [-0.25, -0.2) is 10.2 Å². The van der Waals surface area contributed by atoms with Gasteiger partial charge in [0.05, 0.1) is 0 Å². The van der Waals surface area contributed by atoms with Crippen LogP contribution in [-0.4, -0.2) is 11.7 Å². The van der Waals surface area contributed by atoms with Crippen molar-refractivity contribution < 1.29 is 4.79 Å². The molecule has 0 aromatic heterocycles. The van der Waals surface area contributed by atoms with Gasteiger partial charge in [0.2, 0.25) is 0 Å². The summed E-state index contributed by atoms with van der Waals surface area (Å²) in [5.41, 5.74) is 8.22. The molecule has 12 heavy (non-hydrogen) atoms. The number of urea groups is 1. The predicted octanol–water partition coefficient (Wildman–Crippen LogP) is 0.607. The molecule has 0 aromatic rings. The van der Waals surface area contributed by atoms with Crippen LogP contribution < -0.4 is 11.2 Å². The molecule has 0 aliphatic heterocycles. The summed E-state index contributed by atoms with van der Waals surface area (Å²) in [6.45, 7) is 0. The van der Waals surface area contributed by atoms with Crippen LogP contribution in [0.25, 0.3) is 0 Å². The average Bonchev–Trinajstić information content (AvgIpc) is 2.32. The highest BCUT2D eigenvalue weighted by Gasteiger charge is 2.37. The summed E-state index contributed by atoms with van der Waals surface area (Å²) < 4.78 is 0. The van der Waals surface area contributed by atoms with Gasteiger partial charge in [0.25, 0.3) is 0 Å². The molecular formula is C8H11N3O. The van der Waals surface area contributed by atoms with E-state index in [1.807, 2.05) is 0 Å². The number of nitrogens with zero attached hydrogens (tertiary/aromatic N) is 1. The fraction of sp³-hybridized carbons (Fsp3) is 0.500. The number of fused-ring (bicyclic) bond motifs is 1. The van der Waals surface area contributed by atoms with Crippen molar-refractivity contribution in [2.24, 2.45) is 22.7 Å². The normalized spacial score (nSPS) is 34.5. The molecule has 0 radical (unpaired) electrons. The van der Waals surface area contributed by atoms with Gasteiger partial charge in [-0.2, -0.15) is 5.10 Å². The van der Waals surface area contributed by atoms with Gasteiger partial charge in [0.15, 0.2) is 0 Å². The second kappa shape index (κ2) is 2.62. The SMILES string of the molecule is NC(=O)NN=C1CC2C=CCC12. The molecule has 2 rings (SSSR count). The number of hydrogen-bond acceptors (Lipinski definition) is 2. The van der Waals surface area contributed by atoms with Gasteiger partial charge < -0.3 is 5.73 Å². The minimum absolute atomic E-state index is 0.539. The number of allylic oxidation sites excluding steroid dienone is 2. The van der Waals surface area contributed by atoms with Gasteiger partial charge in [0.1, 0.15) is 0 Å². The zero-order valence-corrected chi connectivity index (χ0v) is 6.66. The van der Waals surface area contributed by atoms with Crippen molar-refractivity contribution in [2.45, 2.75) is 12.8 Å². The minimum Gasteiger partial charge on any atom is -0.350 e. The van der Waals surface area contributed by atoms with Crippen molar-refractivity contribution in [1.82, 2.24) is 5.43 Å². The molecule has 1 saturated carbocycles. The summed E-state index contributed by atoms with van der Waals surface area (Å²) in [5.74, 6) is 1.20. The van der Waals surface area contributed by atoms with Gasteiger partial charge >= 0.3 is 6.03 Å². The van der Waals surface area contributed by atoms with E-state index in [0.717, 1.165) is 18.6 Å². The van der Waals surface area contributed by atoms with Crippen molar-refractivity contribution in [2.75, 3.05) is 0 Å². The summed E-state index contributed by atoms with van der Waals surface area (Å²) in [4.78, 5) is 10.3. The third kappa shape index (κ3) is 1.09. The number of nitrogens with one attached hydrogen (secondary N) is 1. The highest BCUT2D eigenvalue weighted by molar-refractivity contribution is 5.94. The lowest BCUT2D eigenvalue weighted by Gasteiger charge is -2.31. The average molecular weight is 165 g/mol. The third-order valence-corrected chi connectivity index (χ3v) is 2.47. The van der Waals surface area contributed by atoms with Crippen LogP contribution in [0.2, 0.25) is 0 Å². The van der Waals surface area contributed by atoms with E-state index in [1.165, 1.54) is 0 Å². The van der Waals surface area contributed by atoms with E-state index in [-0.39, 0.29) is 0 Å². The lowest BCUT2D eigenvalue weighted by atomic mass is 9.74. The Labute approximate surface area is 70.5 Å². The first-order valence-corrected chi connectivity index (χ1v) is 4.06. The van der Waals surface area contributed by atoms with Crippen molar-refractivity contribution in [3.8, 4) is 0 Å². The van der Waals surface area contributed by atoms with Gasteiger partial charge in [0, 0.05) is 11.6 Å². The summed E-state index contributed by atoms with van der Waals surface area (Å²) in [6, 6.07) is -0.586. The fourth-order valence-electron chi connectivity index (χ4n) is 1.79. The van der Waals surface area contributed by atoms with Crippen LogP contribution in [0.5, 0.6) is 0 Å². The Morgan fingerprint density at radius 1 is 1.75 bits per heavy atom. The molecule has 2 amide bonds. The molecule has 4 heteroatoms. The second-order valence-corrected chi connectivity index (χ2v) is 3.22. The number of hydrogen-bond donors (Lipinski definition) is 2. The van der Waals surface area contributed by atoms with Crippen LogP contribution in [0.15, 0.2) is 17.3 Å². The van der Waals surface area contributed by atoms with Gasteiger partial charge in [-0.3, -0.25) is 0 Å². The van der Waals surface area contributed by atoms with Crippen molar-refractivity contribution in [3.63, 3.8) is 0 Å². The number of carbonyl (C=O) groups excluding carboxylic acids is 1. The molecular weight excluding hydrogens is 154 g/mol. The monoisotopic (exact) mass is 165 g/mol.